The molecule has 0 aliphatic rings. The highest BCUT2D eigenvalue weighted by Gasteiger charge is 2.18. The molecule has 0 fully saturated rings. The summed E-state index contributed by atoms with van der Waals surface area (Å²) in [6.07, 6.45) is 1.65. The first-order valence-corrected chi connectivity index (χ1v) is 7.55. The quantitative estimate of drug-likeness (QED) is 0.787. The van der Waals surface area contributed by atoms with Crippen LogP contribution >= 0.6 is 11.6 Å². The van der Waals surface area contributed by atoms with Crippen molar-refractivity contribution < 1.29 is 9.59 Å². The van der Waals surface area contributed by atoms with E-state index in [1.807, 2.05) is 13.8 Å². The maximum Gasteiger partial charge on any atom is 0.254 e. The first kappa shape index (κ1) is 17.4. The highest BCUT2D eigenvalue weighted by molar-refractivity contribution is 6.29. The van der Waals surface area contributed by atoms with Gasteiger partial charge in [-0.15, -0.1) is 0 Å². The van der Waals surface area contributed by atoms with Gasteiger partial charge in [-0.1, -0.05) is 25.4 Å². The van der Waals surface area contributed by atoms with Crippen LogP contribution in [0.25, 0.3) is 0 Å². The molecule has 6 heteroatoms. The molecule has 0 atom stereocenters. The van der Waals surface area contributed by atoms with Crippen LogP contribution in [0.3, 0.4) is 0 Å². The van der Waals surface area contributed by atoms with Crippen LogP contribution in [0.2, 0.25) is 5.15 Å². The van der Waals surface area contributed by atoms with Crippen molar-refractivity contribution in [2.45, 2.75) is 33.6 Å². The number of nitrogens with zero attached hydrogens (tertiary/aromatic N) is 2. The van der Waals surface area contributed by atoms with Crippen molar-refractivity contribution in [2.24, 2.45) is 0 Å². The van der Waals surface area contributed by atoms with E-state index in [4.69, 9.17) is 11.6 Å². The Morgan fingerprint density at radius 2 is 2.00 bits per heavy atom. The molecular weight excluding hydrogens is 290 g/mol. The van der Waals surface area contributed by atoms with Crippen LogP contribution in [-0.2, 0) is 4.79 Å². The van der Waals surface area contributed by atoms with Crippen LogP contribution < -0.4 is 5.32 Å². The number of pyridine rings is 1. The monoisotopic (exact) mass is 311 g/mol. The van der Waals surface area contributed by atoms with Crippen molar-refractivity contribution in [1.82, 2.24) is 15.2 Å². The van der Waals surface area contributed by atoms with Crippen LogP contribution in [0.1, 0.15) is 42.7 Å². The minimum atomic E-state index is -0.198. The molecule has 1 aromatic rings. The van der Waals surface area contributed by atoms with Crippen LogP contribution in [0.4, 0.5) is 0 Å². The number of hydrogen-bond acceptors (Lipinski definition) is 3. The van der Waals surface area contributed by atoms with Gasteiger partial charge in [0.15, 0.2) is 0 Å². The molecule has 1 rings (SSSR count). The second-order valence-electron chi connectivity index (χ2n) is 4.90. The zero-order chi connectivity index (χ0) is 15.8. The molecule has 0 spiro atoms. The van der Waals surface area contributed by atoms with E-state index in [0.29, 0.717) is 24.3 Å². The lowest BCUT2D eigenvalue weighted by atomic mass is 10.2. The lowest BCUT2D eigenvalue weighted by Crippen LogP contribution is -2.41. The van der Waals surface area contributed by atoms with Crippen molar-refractivity contribution in [1.29, 1.82) is 0 Å². The third-order valence-electron chi connectivity index (χ3n) is 2.86. The van der Waals surface area contributed by atoms with Crippen LogP contribution in [0, 0.1) is 6.92 Å². The molecule has 0 saturated carbocycles. The van der Waals surface area contributed by atoms with Gasteiger partial charge in [-0.05, 0) is 31.9 Å². The number of amides is 2. The molecule has 1 heterocycles. The minimum absolute atomic E-state index is 0.0612. The SMILES string of the molecule is CCCNC(=O)CN(CCC)C(=O)c1cc(C)nc(Cl)c1. The van der Waals surface area contributed by atoms with Gasteiger partial charge in [0.1, 0.15) is 5.15 Å². The molecule has 0 aliphatic carbocycles. The van der Waals surface area contributed by atoms with Gasteiger partial charge in [-0.2, -0.15) is 0 Å². The number of aromatic nitrogens is 1. The third-order valence-corrected chi connectivity index (χ3v) is 3.05. The summed E-state index contributed by atoms with van der Waals surface area (Å²) < 4.78 is 0. The van der Waals surface area contributed by atoms with Gasteiger partial charge in [0.05, 0.1) is 6.54 Å². The van der Waals surface area contributed by atoms with E-state index >= 15 is 0 Å². The van der Waals surface area contributed by atoms with Gasteiger partial charge in [0.25, 0.3) is 5.91 Å². The van der Waals surface area contributed by atoms with E-state index in [-0.39, 0.29) is 23.5 Å². The first-order valence-electron chi connectivity index (χ1n) is 7.18. The van der Waals surface area contributed by atoms with Crippen molar-refractivity contribution in [3.8, 4) is 0 Å². The Bertz CT molecular complexity index is 485. The number of carbonyl (C=O) groups excluding carboxylic acids is 2. The number of hydrogen-bond donors (Lipinski definition) is 1. The predicted molar refractivity (Wildman–Crippen MR) is 83.5 cm³/mol. The average Bonchev–Trinajstić information content (AvgIpc) is 2.42. The lowest BCUT2D eigenvalue weighted by molar-refractivity contribution is -0.121. The molecule has 0 aromatic carbocycles. The summed E-state index contributed by atoms with van der Waals surface area (Å²) in [7, 11) is 0. The number of halogens is 1. The normalized spacial score (nSPS) is 10.3. The van der Waals surface area contributed by atoms with Crippen LogP contribution in [0.5, 0.6) is 0 Å². The smallest absolute Gasteiger partial charge is 0.254 e. The van der Waals surface area contributed by atoms with Gasteiger partial charge < -0.3 is 10.2 Å². The number of aryl methyl sites for hydroxylation is 1. The largest absolute Gasteiger partial charge is 0.355 e. The Balaban J connectivity index is 2.83. The summed E-state index contributed by atoms with van der Waals surface area (Å²) >= 11 is 5.89. The number of carbonyl (C=O) groups is 2. The number of nitrogens with one attached hydrogen (secondary N) is 1. The van der Waals surface area contributed by atoms with Crippen LogP contribution in [0.15, 0.2) is 12.1 Å². The topological polar surface area (TPSA) is 62.3 Å². The first-order chi connectivity index (χ1) is 9.97. The molecule has 2 amide bonds. The van der Waals surface area contributed by atoms with E-state index < -0.39 is 0 Å². The minimum Gasteiger partial charge on any atom is -0.355 e. The second kappa shape index (κ2) is 8.62. The van der Waals surface area contributed by atoms with Crippen molar-refractivity contribution in [3.63, 3.8) is 0 Å². The Hall–Kier alpha value is -1.62. The molecule has 116 valence electrons. The van der Waals surface area contributed by atoms with E-state index in [0.717, 1.165) is 12.8 Å². The van der Waals surface area contributed by atoms with E-state index in [1.54, 1.807) is 13.0 Å². The van der Waals surface area contributed by atoms with Gasteiger partial charge in [0, 0.05) is 24.3 Å². The van der Waals surface area contributed by atoms with E-state index in [1.165, 1.54) is 11.0 Å². The second-order valence-corrected chi connectivity index (χ2v) is 5.28. The maximum atomic E-state index is 12.5. The molecule has 0 saturated heterocycles. The van der Waals surface area contributed by atoms with Gasteiger partial charge in [-0.3, -0.25) is 9.59 Å². The summed E-state index contributed by atoms with van der Waals surface area (Å²) in [5.41, 5.74) is 1.14. The molecule has 1 N–H and O–H groups in total. The summed E-state index contributed by atoms with van der Waals surface area (Å²) in [5, 5.41) is 3.06. The molecule has 1 aromatic heterocycles. The molecule has 0 bridgehead atoms. The fourth-order valence-electron chi connectivity index (χ4n) is 1.95. The Morgan fingerprint density at radius 3 is 2.57 bits per heavy atom. The van der Waals surface area contributed by atoms with Crippen molar-refractivity contribution in [2.75, 3.05) is 19.6 Å². The lowest BCUT2D eigenvalue weighted by Gasteiger charge is -2.22. The maximum absolute atomic E-state index is 12.5. The van der Waals surface area contributed by atoms with Gasteiger partial charge in [-0.25, -0.2) is 4.98 Å². The van der Waals surface area contributed by atoms with Gasteiger partial charge in [0.2, 0.25) is 5.91 Å². The fraction of sp³-hybridized carbons (Fsp3) is 0.533. The summed E-state index contributed by atoms with van der Waals surface area (Å²) in [4.78, 5) is 29.9. The fourth-order valence-corrected chi connectivity index (χ4v) is 2.20. The van der Waals surface area contributed by atoms with E-state index in [9.17, 15) is 9.59 Å². The summed E-state index contributed by atoms with van der Waals surface area (Å²) in [6, 6.07) is 3.21. The standard InChI is InChI=1S/C15H22ClN3O2/c1-4-6-17-14(20)10-19(7-5-2)15(21)12-8-11(3)18-13(16)9-12/h8-9H,4-7,10H2,1-3H3,(H,17,20). The molecule has 21 heavy (non-hydrogen) atoms. The van der Waals surface area contributed by atoms with Crippen molar-refractivity contribution in [3.05, 3.63) is 28.5 Å². The summed E-state index contributed by atoms with van der Waals surface area (Å²) in [6.45, 7) is 6.93. The van der Waals surface area contributed by atoms with Crippen LogP contribution in [-0.4, -0.2) is 41.3 Å². The zero-order valence-corrected chi connectivity index (χ0v) is 13.5. The van der Waals surface area contributed by atoms with Gasteiger partial charge >= 0.3 is 0 Å². The highest BCUT2D eigenvalue weighted by Crippen LogP contribution is 2.13. The summed E-state index contributed by atoms with van der Waals surface area (Å²) in [5.74, 6) is -0.341. The highest BCUT2D eigenvalue weighted by atomic mass is 35.5. The Kier molecular flexibility index (Phi) is 7.15. The molecule has 5 nitrogen and oxygen atoms in total. The Morgan fingerprint density at radius 1 is 1.29 bits per heavy atom. The van der Waals surface area contributed by atoms with E-state index in [2.05, 4.69) is 10.3 Å². The molecule has 0 radical (unpaired) electrons. The Labute approximate surface area is 130 Å². The molecular formula is C15H22ClN3O2. The zero-order valence-electron chi connectivity index (χ0n) is 12.8. The molecule has 0 aliphatic heterocycles. The third kappa shape index (κ3) is 5.71. The molecule has 0 unspecified atom stereocenters. The predicted octanol–water partition coefficient (Wildman–Crippen LogP) is 2.42. The number of rotatable bonds is 7. The van der Waals surface area contributed by atoms with Crippen molar-refractivity contribution >= 4 is 23.4 Å². The average molecular weight is 312 g/mol.